The second-order valence-corrected chi connectivity index (χ2v) is 5.63. The van der Waals surface area contributed by atoms with Gasteiger partial charge in [0.2, 0.25) is 0 Å². The van der Waals surface area contributed by atoms with Crippen molar-refractivity contribution in [3.63, 3.8) is 0 Å². The fourth-order valence-corrected chi connectivity index (χ4v) is 2.74. The molecule has 1 aromatic heterocycles. The summed E-state index contributed by atoms with van der Waals surface area (Å²) in [4.78, 5) is 4.38. The fraction of sp³-hybridized carbons (Fsp3) is 0.750. The first-order chi connectivity index (χ1) is 7.52. The minimum Gasteiger partial charge on any atom is -0.437 e. The van der Waals surface area contributed by atoms with Crippen molar-refractivity contribution in [1.82, 2.24) is 10.3 Å². The maximum Gasteiger partial charge on any atom is 0.256 e. The van der Waals surface area contributed by atoms with Crippen molar-refractivity contribution in [1.29, 1.82) is 0 Å². The number of hydrogen-bond donors (Lipinski definition) is 1. The molecule has 3 nitrogen and oxygen atoms in total. The zero-order valence-electron chi connectivity index (χ0n) is 10.8. The maximum atomic E-state index is 5.56. The number of aromatic nitrogens is 1. The van der Waals surface area contributed by atoms with E-state index in [1.54, 1.807) is 11.8 Å². The molecule has 0 aliphatic carbocycles. The van der Waals surface area contributed by atoms with E-state index in [0.29, 0.717) is 11.3 Å². The number of rotatable bonds is 6. The minimum atomic E-state index is 0.520. The van der Waals surface area contributed by atoms with Crippen molar-refractivity contribution in [2.45, 2.75) is 57.6 Å². The summed E-state index contributed by atoms with van der Waals surface area (Å²) >= 11 is 1.71. The molecule has 92 valence electrons. The standard InChI is InChI=1S/C12H22N2OS/c1-6-13-8(2)7-9(3)16-12-14-10(4)11(5)15-12/h8-9,13H,6-7H2,1-5H3. The highest BCUT2D eigenvalue weighted by molar-refractivity contribution is 7.99. The number of oxazole rings is 1. The Morgan fingerprint density at radius 3 is 2.56 bits per heavy atom. The molecule has 1 heterocycles. The predicted octanol–water partition coefficient (Wildman–Crippen LogP) is 3.16. The summed E-state index contributed by atoms with van der Waals surface area (Å²) in [5.74, 6) is 0.925. The number of aryl methyl sites for hydroxylation is 2. The van der Waals surface area contributed by atoms with Crippen molar-refractivity contribution in [2.75, 3.05) is 6.54 Å². The molecular formula is C12H22N2OS. The molecule has 16 heavy (non-hydrogen) atoms. The Hall–Kier alpha value is -0.480. The molecule has 0 aliphatic heterocycles. The Bertz CT molecular complexity index is 305. The monoisotopic (exact) mass is 242 g/mol. The number of hydrogen-bond acceptors (Lipinski definition) is 4. The van der Waals surface area contributed by atoms with Gasteiger partial charge in [-0.3, -0.25) is 0 Å². The van der Waals surface area contributed by atoms with E-state index in [0.717, 1.165) is 29.6 Å². The third-order valence-corrected chi connectivity index (χ3v) is 3.52. The van der Waals surface area contributed by atoms with Gasteiger partial charge < -0.3 is 9.73 Å². The second-order valence-electron chi connectivity index (χ2n) is 4.24. The molecule has 1 aromatic rings. The first-order valence-corrected chi connectivity index (χ1v) is 6.75. The van der Waals surface area contributed by atoms with Crippen LogP contribution in [0.2, 0.25) is 0 Å². The molecule has 0 bridgehead atoms. The molecule has 0 aromatic carbocycles. The SMILES string of the molecule is CCNC(C)CC(C)Sc1nc(C)c(C)o1. The number of thioether (sulfide) groups is 1. The first kappa shape index (κ1) is 13.6. The Kier molecular flexibility index (Phi) is 5.35. The molecule has 0 radical (unpaired) electrons. The maximum absolute atomic E-state index is 5.56. The second kappa shape index (κ2) is 6.30. The zero-order chi connectivity index (χ0) is 12.1. The highest BCUT2D eigenvalue weighted by atomic mass is 32.2. The van der Waals surface area contributed by atoms with Crippen molar-refractivity contribution < 1.29 is 4.42 Å². The Morgan fingerprint density at radius 1 is 1.38 bits per heavy atom. The largest absolute Gasteiger partial charge is 0.437 e. The van der Waals surface area contributed by atoms with Crippen LogP contribution in [-0.4, -0.2) is 22.8 Å². The van der Waals surface area contributed by atoms with Gasteiger partial charge in [0.1, 0.15) is 5.76 Å². The third kappa shape index (κ3) is 4.18. The molecule has 0 spiro atoms. The normalized spacial score (nSPS) is 15.1. The summed E-state index contributed by atoms with van der Waals surface area (Å²) in [6, 6.07) is 0.546. The van der Waals surface area contributed by atoms with Gasteiger partial charge >= 0.3 is 0 Å². The Labute approximate surface area is 102 Å². The molecular weight excluding hydrogens is 220 g/mol. The van der Waals surface area contributed by atoms with Crippen LogP contribution in [-0.2, 0) is 0 Å². The van der Waals surface area contributed by atoms with Gasteiger partial charge in [0.05, 0.1) is 5.69 Å². The van der Waals surface area contributed by atoms with E-state index in [-0.39, 0.29) is 0 Å². The lowest BCUT2D eigenvalue weighted by molar-refractivity contribution is 0.429. The first-order valence-electron chi connectivity index (χ1n) is 5.87. The minimum absolute atomic E-state index is 0.520. The molecule has 0 saturated heterocycles. The average molecular weight is 242 g/mol. The van der Waals surface area contributed by atoms with Gasteiger partial charge in [-0.25, -0.2) is 4.98 Å². The summed E-state index contributed by atoms with van der Waals surface area (Å²) in [5, 5.41) is 4.73. The summed E-state index contributed by atoms with van der Waals surface area (Å²) < 4.78 is 5.56. The van der Waals surface area contributed by atoms with Crippen LogP contribution in [0.1, 0.15) is 38.6 Å². The third-order valence-electron chi connectivity index (χ3n) is 2.55. The summed E-state index contributed by atoms with van der Waals surface area (Å²) in [6.07, 6.45) is 1.12. The summed E-state index contributed by atoms with van der Waals surface area (Å²) in [6.45, 7) is 11.5. The van der Waals surface area contributed by atoms with E-state index in [2.05, 4.69) is 31.1 Å². The molecule has 4 heteroatoms. The quantitative estimate of drug-likeness (QED) is 0.778. The van der Waals surface area contributed by atoms with E-state index in [1.165, 1.54) is 0 Å². The van der Waals surface area contributed by atoms with Crippen molar-refractivity contribution >= 4 is 11.8 Å². The van der Waals surface area contributed by atoms with Gasteiger partial charge in [0.15, 0.2) is 0 Å². The summed E-state index contributed by atoms with van der Waals surface area (Å²) in [7, 11) is 0. The molecule has 0 aliphatic rings. The molecule has 0 saturated carbocycles. The smallest absolute Gasteiger partial charge is 0.256 e. The molecule has 0 fully saturated rings. The van der Waals surface area contributed by atoms with Gasteiger partial charge in [-0.2, -0.15) is 0 Å². The summed E-state index contributed by atoms with van der Waals surface area (Å²) in [5.41, 5.74) is 0.995. The molecule has 2 atom stereocenters. The Balaban J connectivity index is 2.42. The van der Waals surface area contributed by atoms with Gasteiger partial charge in [0, 0.05) is 11.3 Å². The van der Waals surface area contributed by atoms with Crippen LogP contribution in [0, 0.1) is 13.8 Å². The number of nitrogens with zero attached hydrogens (tertiary/aromatic N) is 1. The van der Waals surface area contributed by atoms with Crippen LogP contribution in [0.4, 0.5) is 0 Å². The van der Waals surface area contributed by atoms with Crippen LogP contribution in [0.3, 0.4) is 0 Å². The van der Waals surface area contributed by atoms with Gasteiger partial charge in [-0.1, -0.05) is 25.6 Å². The van der Waals surface area contributed by atoms with Crippen LogP contribution in [0.15, 0.2) is 9.64 Å². The van der Waals surface area contributed by atoms with E-state index in [4.69, 9.17) is 4.42 Å². The zero-order valence-corrected chi connectivity index (χ0v) is 11.6. The lowest BCUT2D eigenvalue weighted by atomic mass is 10.2. The van der Waals surface area contributed by atoms with Crippen LogP contribution in [0.5, 0.6) is 0 Å². The van der Waals surface area contributed by atoms with E-state index >= 15 is 0 Å². The predicted molar refractivity (Wildman–Crippen MR) is 69.1 cm³/mol. The van der Waals surface area contributed by atoms with Crippen molar-refractivity contribution in [3.8, 4) is 0 Å². The van der Waals surface area contributed by atoms with Gasteiger partial charge in [-0.15, -0.1) is 0 Å². The lowest BCUT2D eigenvalue weighted by Crippen LogP contribution is -2.28. The van der Waals surface area contributed by atoms with Crippen LogP contribution < -0.4 is 5.32 Å². The van der Waals surface area contributed by atoms with Crippen molar-refractivity contribution in [2.24, 2.45) is 0 Å². The lowest BCUT2D eigenvalue weighted by Gasteiger charge is -2.15. The van der Waals surface area contributed by atoms with E-state index < -0.39 is 0 Å². The van der Waals surface area contributed by atoms with Crippen LogP contribution in [0.25, 0.3) is 0 Å². The fourth-order valence-electron chi connectivity index (χ4n) is 1.64. The van der Waals surface area contributed by atoms with E-state index in [1.807, 2.05) is 13.8 Å². The number of nitrogens with one attached hydrogen (secondary N) is 1. The van der Waals surface area contributed by atoms with E-state index in [9.17, 15) is 0 Å². The molecule has 0 amide bonds. The topological polar surface area (TPSA) is 38.1 Å². The van der Waals surface area contributed by atoms with Gasteiger partial charge in [-0.05, 0) is 33.7 Å². The average Bonchev–Trinajstić information content (AvgIpc) is 2.45. The molecule has 2 unspecified atom stereocenters. The molecule has 1 rings (SSSR count). The van der Waals surface area contributed by atoms with Gasteiger partial charge in [0.25, 0.3) is 5.22 Å². The highest BCUT2D eigenvalue weighted by Crippen LogP contribution is 2.26. The Morgan fingerprint density at radius 2 is 2.06 bits per heavy atom. The van der Waals surface area contributed by atoms with Crippen LogP contribution >= 0.6 is 11.8 Å². The van der Waals surface area contributed by atoms with Crippen molar-refractivity contribution in [3.05, 3.63) is 11.5 Å². The molecule has 1 N–H and O–H groups in total. The highest BCUT2D eigenvalue weighted by Gasteiger charge is 2.13.